The Bertz CT molecular complexity index is 508. The van der Waals surface area contributed by atoms with Gasteiger partial charge in [-0.15, -0.1) is 0 Å². The molecule has 0 heterocycles. The Hall–Kier alpha value is -2.19. The summed E-state index contributed by atoms with van der Waals surface area (Å²) >= 11 is 0. The molecular formula is C13H13N3O. The Morgan fingerprint density at radius 2 is 1.94 bits per heavy atom. The molecule has 0 spiro atoms. The number of rotatable bonds is 2. The van der Waals surface area contributed by atoms with Crippen LogP contribution in [0.5, 0.6) is 5.75 Å². The van der Waals surface area contributed by atoms with Crippen molar-refractivity contribution in [2.24, 2.45) is 4.99 Å². The van der Waals surface area contributed by atoms with Crippen molar-refractivity contribution in [2.45, 2.75) is 12.8 Å². The lowest BCUT2D eigenvalue weighted by Gasteiger charge is -2.04. The van der Waals surface area contributed by atoms with Gasteiger partial charge in [0.25, 0.3) is 5.71 Å². The topological polar surface area (TPSA) is 58.0 Å². The van der Waals surface area contributed by atoms with Gasteiger partial charge in [-0.3, -0.25) is 4.99 Å². The SMILES string of the molecule is COc1ccc(N=C2C=CC(=[N+]=[N-])CC2)cc1. The summed E-state index contributed by atoms with van der Waals surface area (Å²) in [6.45, 7) is 0. The number of ether oxygens (including phenoxy) is 1. The van der Waals surface area contributed by atoms with E-state index in [0.717, 1.165) is 30.0 Å². The highest BCUT2D eigenvalue weighted by atomic mass is 16.5. The van der Waals surface area contributed by atoms with Crippen LogP contribution in [0.2, 0.25) is 0 Å². The first-order valence-electron chi connectivity index (χ1n) is 5.42. The van der Waals surface area contributed by atoms with Crippen LogP contribution in [0.3, 0.4) is 0 Å². The maximum atomic E-state index is 8.61. The second-order valence-corrected chi connectivity index (χ2v) is 3.73. The molecule has 1 aromatic rings. The fourth-order valence-electron chi connectivity index (χ4n) is 1.61. The quantitative estimate of drug-likeness (QED) is 0.566. The number of aliphatic imine (C=N–C) groups is 1. The van der Waals surface area contributed by atoms with E-state index in [4.69, 9.17) is 10.3 Å². The van der Waals surface area contributed by atoms with E-state index < -0.39 is 0 Å². The minimum atomic E-state index is 0.693. The summed E-state index contributed by atoms with van der Waals surface area (Å²) in [5.41, 5.74) is 11.2. The average molecular weight is 227 g/mol. The van der Waals surface area contributed by atoms with Gasteiger partial charge in [0, 0.05) is 18.2 Å². The van der Waals surface area contributed by atoms with Gasteiger partial charge in [-0.25, -0.2) is 0 Å². The molecule has 0 N–H and O–H groups in total. The fourth-order valence-corrected chi connectivity index (χ4v) is 1.61. The van der Waals surface area contributed by atoms with Gasteiger partial charge in [-0.1, -0.05) is 0 Å². The molecule has 86 valence electrons. The van der Waals surface area contributed by atoms with Crippen LogP contribution in [0.15, 0.2) is 41.4 Å². The predicted octanol–water partition coefficient (Wildman–Crippen LogP) is 2.79. The molecule has 0 bridgehead atoms. The third kappa shape index (κ3) is 2.89. The van der Waals surface area contributed by atoms with Crippen LogP contribution < -0.4 is 4.74 Å². The molecule has 4 heteroatoms. The molecule has 0 saturated heterocycles. The number of hydrogen-bond donors (Lipinski definition) is 0. The summed E-state index contributed by atoms with van der Waals surface area (Å²) in [5.74, 6) is 0.822. The molecule has 0 amide bonds. The second kappa shape index (κ2) is 5.23. The minimum Gasteiger partial charge on any atom is -0.497 e. The molecule has 0 radical (unpaired) electrons. The Morgan fingerprint density at radius 3 is 2.47 bits per heavy atom. The van der Waals surface area contributed by atoms with Gasteiger partial charge in [0.1, 0.15) is 5.75 Å². The molecule has 0 fully saturated rings. The van der Waals surface area contributed by atoms with Crippen molar-refractivity contribution < 1.29 is 9.53 Å². The van der Waals surface area contributed by atoms with E-state index in [1.165, 1.54) is 0 Å². The van der Waals surface area contributed by atoms with Crippen LogP contribution in [0, 0.1) is 0 Å². The van der Waals surface area contributed by atoms with Crippen molar-refractivity contribution >= 4 is 17.1 Å². The summed E-state index contributed by atoms with van der Waals surface area (Å²) in [5, 5.41) is 0. The van der Waals surface area contributed by atoms with E-state index in [9.17, 15) is 0 Å². The lowest BCUT2D eigenvalue weighted by atomic mass is 10.0. The highest BCUT2D eigenvalue weighted by Gasteiger charge is 2.11. The third-order valence-electron chi connectivity index (χ3n) is 2.58. The lowest BCUT2D eigenvalue weighted by molar-refractivity contribution is -0.00621. The van der Waals surface area contributed by atoms with Gasteiger partial charge in [0.05, 0.1) is 19.2 Å². The van der Waals surface area contributed by atoms with Crippen LogP contribution in [0.1, 0.15) is 12.8 Å². The van der Waals surface area contributed by atoms with Gasteiger partial charge in [0.15, 0.2) is 0 Å². The summed E-state index contributed by atoms with van der Waals surface area (Å²) < 4.78 is 5.08. The molecule has 0 aromatic heterocycles. The lowest BCUT2D eigenvalue weighted by Crippen LogP contribution is -2.07. The normalized spacial score (nSPS) is 17.0. The van der Waals surface area contributed by atoms with Gasteiger partial charge < -0.3 is 10.3 Å². The van der Waals surface area contributed by atoms with E-state index in [-0.39, 0.29) is 0 Å². The maximum absolute atomic E-state index is 8.61. The molecule has 2 rings (SSSR count). The van der Waals surface area contributed by atoms with Crippen molar-refractivity contribution in [2.75, 3.05) is 7.11 Å². The van der Waals surface area contributed by atoms with Crippen molar-refractivity contribution in [1.82, 2.24) is 0 Å². The van der Waals surface area contributed by atoms with Gasteiger partial charge >= 0.3 is 0 Å². The number of allylic oxidation sites excluding steroid dienone is 2. The highest BCUT2D eigenvalue weighted by molar-refractivity contribution is 6.07. The van der Waals surface area contributed by atoms with Crippen molar-refractivity contribution in [1.29, 1.82) is 0 Å². The van der Waals surface area contributed by atoms with E-state index in [0.29, 0.717) is 5.71 Å². The van der Waals surface area contributed by atoms with E-state index in [1.807, 2.05) is 30.3 Å². The van der Waals surface area contributed by atoms with Gasteiger partial charge in [-0.05, 0) is 30.3 Å². The number of benzene rings is 1. The Kier molecular flexibility index (Phi) is 3.48. The van der Waals surface area contributed by atoms with Crippen LogP contribution in [-0.2, 0) is 0 Å². The van der Waals surface area contributed by atoms with Crippen molar-refractivity contribution in [3.8, 4) is 5.75 Å². The zero-order valence-corrected chi connectivity index (χ0v) is 9.63. The second-order valence-electron chi connectivity index (χ2n) is 3.73. The first-order valence-corrected chi connectivity index (χ1v) is 5.42. The molecule has 4 nitrogen and oxygen atoms in total. The van der Waals surface area contributed by atoms with Crippen LogP contribution in [0.25, 0.3) is 5.53 Å². The molecular weight excluding hydrogens is 214 g/mol. The summed E-state index contributed by atoms with van der Waals surface area (Å²) in [6.07, 6.45) is 5.18. The summed E-state index contributed by atoms with van der Waals surface area (Å²) in [7, 11) is 1.64. The largest absolute Gasteiger partial charge is 0.497 e. The third-order valence-corrected chi connectivity index (χ3v) is 2.58. The van der Waals surface area contributed by atoms with Gasteiger partial charge in [0.2, 0.25) is 0 Å². The molecule has 0 aliphatic heterocycles. The fraction of sp³-hybridized carbons (Fsp3) is 0.231. The number of methoxy groups -OCH3 is 1. The van der Waals surface area contributed by atoms with E-state index in [1.54, 1.807) is 13.2 Å². The highest BCUT2D eigenvalue weighted by Crippen LogP contribution is 2.19. The van der Waals surface area contributed by atoms with Crippen LogP contribution in [0.4, 0.5) is 5.69 Å². The smallest absolute Gasteiger partial charge is 0.292 e. The van der Waals surface area contributed by atoms with E-state index >= 15 is 0 Å². The Morgan fingerprint density at radius 1 is 1.18 bits per heavy atom. The predicted molar refractivity (Wildman–Crippen MR) is 67.1 cm³/mol. The first-order chi connectivity index (χ1) is 8.31. The molecule has 1 aliphatic carbocycles. The first kappa shape index (κ1) is 11.3. The molecule has 1 aliphatic rings. The van der Waals surface area contributed by atoms with Crippen LogP contribution in [-0.4, -0.2) is 23.3 Å². The van der Waals surface area contributed by atoms with Gasteiger partial charge in [-0.2, -0.15) is 4.79 Å². The van der Waals surface area contributed by atoms with Crippen molar-refractivity contribution in [3.63, 3.8) is 0 Å². The number of hydrogen-bond acceptors (Lipinski definition) is 2. The summed E-state index contributed by atoms with van der Waals surface area (Å²) in [4.78, 5) is 7.67. The molecule has 1 aromatic carbocycles. The minimum absolute atomic E-state index is 0.693. The Labute approximate surface area is 99.9 Å². The Balaban J connectivity index is 2.17. The molecule has 17 heavy (non-hydrogen) atoms. The standard InChI is InChI=1S/C13H13N3O/c1-17-13-8-6-11(7-9-13)15-10-2-4-12(16-14)5-3-10/h2,4,6-9H,3,5H2,1H3. The number of nitrogens with zero attached hydrogens (tertiary/aromatic N) is 3. The molecule has 0 unspecified atom stereocenters. The van der Waals surface area contributed by atoms with E-state index in [2.05, 4.69) is 9.78 Å². The molecule has 0 saturated carbocycles. The monoisotopic (exact) mass is 227 g/mol. The van der Waals surface area contributed by atoms with Crippen molar-refractivity contribution in [3.05, 3.63) is 41.9 Å². The maximum Gasteiger partial charge on any atom is 0.292 e. The van der Waals surface area contributed by atoms with Crippen LogP contribution >= 0.6 is 0 Å². The molecule has 0 atom stereocenters. The zero-order valence-electron chi connectivity index (χ0n) is 9.63. The zero-order chi connectivity index (χ0) is 12.1. The summed E-state index contributed by atoms with van der Waals surface area (Å²) in [6, 6.07) is 7.59. The average Bonchev–Trinajstić information content (AvgIpc) is 2.40.